The fourth-order valence-electron chi connectivity index (χ4n) is 2.41. The quantitative estimate of drug-likeness (QED) is 0.730. The molecule has 0 aromatic heterocycles. The fourth-order valence-corrected chi connectivity index (χ4v) is 4.19. The molecule has 1 heterocycles. The standard InChI is InChI=1S/C16H14BrNO7S/c1-23-12-3-2-9(17)6-15(12)26(21,22)18-11-8-14-13(24-4-5-25-14)7-10(11)16(19)20/h2-3,6-8,18H,4-5H2,1H3,(H,19,20). The minimum absolute atomic E-state index is 0.120. The second kappa shape index (κ2) is 7.04. The summed E-state index contributed by atoms with van der Waals surface area (Å²) in [5.74, 6) is -0.673. The molecule has 0 unspecified atom stereocenters. The molecule has 138 valence electrons. The lowest BCUT2D eigenvalue weighted by Crippen LogP contribution is -2.19. The van der Waals surface area contributed by atoms with Gasteiger partial charge in [-0.25, -0.2) is 13.2 Å². The number of methoxy groups -OCH3 is 1. The number of aromatic carboxylic acids is 1. The Morgan fingerprint density at radius 1 is 1.19 bits per heavy atom. The first kappa shape index (κ1) is 18.3. The summed E-state index contributed by atoms with van der Waals surface area (Å²) >= 11 is 3.21. The van der Waals surface area contributed by atoms with E-state index in [4.69, 9.17) is 14.2 Å². The maximum absolute atomic E-state index is 12.8. The number of ether oxygens (including phenoxy) is 3. The van der Waals surface area contributed by atoms with E-state index in [1.807, 2.05) is 0 Å². The minimum Gasteiger partial charge on any atom is -0.495 e. The van der Waals surface area contributed by atoms with Crippen LogP contribution >= 0.6 is 15.9 Å². The SMILES string of the molecule is COc1ccc(Br)cc1S(=O)(=O)Nc1cc2c(cc1C(=O)O)OCCO2. The van der Waals surface area contributed by atoms with E-state index < -0.39 is 16.0 Å². The van der Waals surface area contributed by atoms with Gasteiger partial charge in [-0.1, -0.05) is 15.9 Å². The van der Waals surface area contributed by atoms with Gasteiger partial charge < -0.3 is 19.3 Å². The zero-order valence-electron chi connectivity index (χ0n) is 13.5. The molecule has 1 aliphatic rings. The molecule has 26 heavy (non-hydrogen) atoms. The highest BCUT2D eigenvalue weighted by Crippen LogP contribution is 2.37. The first-order valence-corrected chi connectivity index (χ1v) is 9.63. The van der Waals surface area contributed by atoms with Crippen LogP contribution < -0.4 is 18.9 Å². The van der Waals surface area contributed by atoms with Gasteiger partial charge in [0.15, 0.2) is 11.5 Å². The molecule has 3 rings (SSSR count). The maximum atomic E-state index is 12.8. The largest absolute Gasteiger partial charge is 0.495 e. The molecule has 0 saturated carbocycles. The van der Waals surface area contributed by atoms with Crippen LogP contribution in [0.1, 0.15) is 10.4 Å². The van der Waals surface area contributed by atoms with Crippen molar-refractivity contribution in [1.29, 1.82) is 0 Å². The monoisotopic (exact) mass is 443 g/mol. The molecule has 10 heteroatoms. The van der Waals surface area contributed by atoms with Crippen LogP contribution in [0, 0.1) is 0 Å². The predicted molar refractivity (Wildman–Crippen MR) is 95.9 cm³/mol. The molecule has 0 atom stereocenters. The van der Waals surface area contributed by atoms with Crippen LogP contribution in [0.3, 0.4) is 0 Å². The molecule has 8 nitrogen and oxygen atoms in total. The number of carbonyl (C=O) groups is 1. The number of hydrogen-bond acceptors (Lipinski definition) is 6. The number of halogens is 1. The van der Waals surface area contributed by atoms with Crippen molar-refractivity contribution in [2.24, 2.45) is 0 Å². The zero-order valence-corrected chi connectivity index (χ0v) is 15.9. The molecular weight excluding hydrogens is 430 g/mol. The third-order valence-corrected chi connectivity index (χ3v) is 5.45. The van der Waals surface area contributed by atoms with E-state index in [1.165, 1.54) is 31.4 Å². The summed E-state index contributed by atoms with van der Waals surface area (Å²) in [6.07, 6.45) is 0. The number of anilines is 1. The molecule has 0 bridgehead atoms. The number of sulfonamides is 1. The molecule has 0 radical (unpaired) electrons. The van der Waals surface area contributed by atoms with E-state index in [9.17, 15) is 18.3 Å². The van der Waals surface area contributed by atoms with E-state index in [-0.39, 0.29) is 46.6 Å². The number of carboxylic acids is 1. The van der Waals surface area contributed by atoms with Crippen LogP contribution in [0.2, 0.25) is 0 Å². The summed E-state index contributed by atoms with van der Waals surface area (Å²) in [5.41, 5.74) is -0.393. The normalized spacial score (nSPS) is 13.2. The third-order valence-electron chi connectivity index (χ3n) is 3.57. The summed E-state index contributed by atoms with van der Waals surface area (Å²) in [6.45, 7) is 0.567. The number of hydrogen-bond donors (Lipinski definition) is 2. The topological polar surface area (TPSA) is 111 Å². The Balaban J connectivity index is 2.07. The number of benzene rings is 2. The summed E-state index contributed by atoms with van der Waals surface area (Å²) in [6, 6.07) is 7.00. The van der Waals surface area contributed by atoms with E-state index in [2.05, 4.69) is 20.7 Å². The Kier molecular flexibility index (Phi) is 4.97. The van der Waals surface area contributed by atoms with Crippen molar-refractivity contribution in [2.45, 2.75) is 4.90 Å². The van der Waals surface area contributed by atoms with Crippen molar-refractivity contribution >= 4 is 37.6 Å². The lowest BCUT2D eigenvalue weighted by molar-refractivity contribution is 0.0697. The Morgan fingerprint density at radius 2 is 1.85 bits per heavy atom. The van der Waals surface area contributed by atoms with Crippen molar-refractivity contribution in [3.63, 3.8) is 0 Å². The molecule has 0 spiro atoms. The van der Waals surface area contributed by atoms with Crippen molar-refractivity contribution in [3.05, 3.63) is 40.4 Å². The minimum atomic E-state index is -4.13. The third kappa shape index (κ3) is 3.56. The highest BCUT2D eigenvalue weighted by atomic mass is 79.9. The van der Waals surface area contributed by atoms with Gasteiger partial charge in [0.2, 0.25) is 0 Å². The van der Waals surface area contributed by atoms with Crippen molar-refractivity contribution < 1.29 is 32.5 Å². The number of fused-ring (bicyclic) bond motifs is 1. The van der Waals surface area contributed by atoms with Gasteiger partial charge in [0.25, 0.3) is 10.0 Å². The van der Waals surface area contributed by atoms with Crippen molar-refractivity contribution in [3.8, 4) is 17.2 Å². The molecule has 0 saturated heterocycles. The van der Waals surface area contributed by atoms with Gasteiger partial charge in [0.1, 0.15) is 23.9 Å². The van der Waals surface area contributed by atoms with Crippen LogP contribution in [0.25, 0.3) is 0 Å². The van der Waals surface area contributed by atoms with Crippen LogP contribution in [0.5, 0.6) is 17.2 Å². The average Bonchev–Trinajstić information content (AvgIpc) is 2.60. The smallest absolute Gasteiger partial charge is 0.337 e. The molecule has 0 fully saturated rings. The van der Waals surface area contributed by atoms with Crippen LogP contribution in [0.4, 0.5) is 5.69 Å². The molecule has 1 aliphatic heterocycles. The highest BCUT2D eigenvalue weighted by molar-refractivity contribution is 9.10. The van der Waals surface area contributed by atoms with Crippen LogP contribution in [0.15, 0.2) is 39.7 Å². The highest BCUT2D eigenvalue weighted by Gasteiger charge is 2.25. The number of nitrogens with one attached hydrogen (secondary N) is 1. The molecule has 0 aliphatic carbocycles. The van der Waals surface area contributed by atoms with Crippen LogP contribution in [-0.2, 0) is 10.0 Å². The molecule has 0 amide bonds. The molecule has 2 aromatic carbocycles. The van der Waals surface area contributed by atoms with Crippen LogP contribution in [-0.4, -0.2) is 39.8 Å². The summed E-state index contributed by atoms with van der Waals surface area (Å²) in [4.78, 5) is 11.4. The Morgan fingerprint density at radius 3 is 2.46 bits per heavy atom. The molecular formula is C16H14BrNO7S. The van der Waals surface area contributed by atoms with Gasteiger partial charge in [-0.15, -0.1) is 0 Å². The maximum Gasteiger partial charge on any atom is 0.337 e. The second-order valence-electron chi connectivity index (χ2n) is 5.25. The number of rotatable bonds is 5. The Labute approximate surface area is 157 Å². The van der Waals surface area contributed by atoms with Gasteiger partial charge in [-0.2, -0.15) is 0 Å². The Hall–Kier alpha value is -2.46. The summed E-state index contributed by atoms with van der Waals surface area (Å²) < 4.78 is 44.3. The average molecular weight is 444 g/mol. The summed E-state index contributed by atoms with van der Waals surface area (Å²) in [7, 11) is -2.78. The van der Waals surface area contributed by atoms with E-state index >= 15 is 0 Å². The van der Waals surface area contributed by atoms with E-state index in [0.29, 0.717) is 4.47 Å². The Bertz CT molecular complexity index is 975. The van der Waals surface area contributed by atoms with Gasteiger partial charge in [0, 0.05) is 16.6 Å². The first-order valence-electron chi connectivity index (χ1n) is 7.35. The fraction of sp³-hybridized carbons (Fsp3) is 0.188. The lowest BCUT2D eigenvalue weighted by Gasteiger charge is -2.21. The molecule has 2 N–H and O–H groups in total. The molecule has 2 aromatic rings. The lowest BCUT2D eigenvalue weighted by atomic mass is 10.1. The zero-order chi connectivity index (χ0) is 18.9. The van der Waals surface area contributed by atoms with Gasteiger partial charge in [0.05, 0.1) is 18.4 Å². The first-order chi connectivity index (χ1) is 12.3. The predicted octanol–water partition coefficient (Wildman–Crippen LogP) is 2.73. The second-order valence-corrected chi connectivity index (χ2v) is 7.81. The van der Waals surface area contributed by atoms with E-state index in [1.54, 1.807) is 6.07 Å². The van der Waals surface area contributed by atoms with E-state index in [0.717, 1.165) is 0 Å². The number of carboxylic acid groups (broad SMARTS) is 1. The van der Waals surface area contributed by atoms with Gasteiger partial charge >= 0.3 is 5.97 Å². The van der Waals surface area contributed by atoms with Gasteiger partial charge in [-0.3, -0.25) is 4.72 Å². The van der Waals surface area contributed by atoms with Crippen molar-refractivity contribution in [1.82, 2.24) is 0 Å². The van der Waals surface area contributed by atoms with Gasteiger partial charge in [-0.05, 0) is 18.2 Å². The van der Waals surface area contributed by atoms with Crippen molar-refractivity contribution in [2.75, 3.05) is 25.0 Å². The summed E-state index contributed by atoms with van der Waals surface area (Å²) in [5, 5.41) is 9.42.